The first-order valence-electron chi connectivity index (χ1n) is 6.92. The molecule has 1 aliphatic heterocycles. The van der Waals surface area contributed by atoms with Crippen LogP contribution in [-0.4, -0.2) is 66.8 Å². The predicted octanol–water partition coefficient (Wildman–Crippen LogP) is -0.0560. The molecule has 0 spiro atoms. The van der Waals surface area contributed by atoms with E-state index in [9.17, 15) is 9.90 Å². The maximum atomic E-state index is 12.0. The molecule has 2 N–H and O–H groups in total. The van der Waals surface area contributed by atoms with Gasteiger partial charge in [-0.05, 0) is 26.1 Å². The molecule has 1 saturated heterocycles. The highest BCUT2D eigenvalue weighted by atomic mass is 16.3. The number of nitrogens with one attached hydrogen (secondary N) is 1. The maximum absolute atomic E-state index is 12.0. The highest BCUT2D eigenvalue weighted by Gasteiger charge is 2.16. The van der Waals surface area contributed by atoms with Gasteiger partial charge >= 0.3 is 0 Å². The number of rotatable bonds is 4. The van der Waals surface area contributed by atoms with Crippen molar-refractivity contribution in [3.63, 3.8) is 0 Å². The Balaban J connectivity index is 2.02. The molecule has 2 rings (SSSR count). The molecular formula is C14H22N4O2. The number of aromatic nitrogens is 1. The summed E-state index contributed by atoms with van der Waals surface area (Å²) in [6.07, 6.45) is 1.11. The van der Waals surface area contributed by atoms with Gasteiger partial charge in [0.15, 0.2) is 0 Å². The maximum Gasteiger partial charge on any atom is 0.251 e. The third-order valence-corrected chi connectivity index (χ3v) is 3.39. The second-order valence-electron chi connectivity index (χ2n) is 5.25. The van der Waals surface area contributed by atoms with Gasteiger partial charge < -0.3 is 20.2 Å². The summed E-state index contributed by atoms with van der Waals surface area (Å²) < 4.78 is 0. The molecule has 0 radical (unpaired) electrons. The number of hydrogen-bond acceptors (Lipinski definition) is 5. The zero-order valence-electron chi connectivity index (χ0n) is 12.0. The van der Waals surface area contributed by atoms with E-state index >= 15 is 0 Å². The molecule has 1 amide bonds. The van der Waals surface area contributed by atoms with Gasteiger partial charge in [0.05, 0.1) is 6.10 Å². The number of carbonyl (C=O) groups excluding carboxylic acids is 1. The van der Waals surface area contributed by atoms with Crippen LogP contribution >= 0.6 is 0 Å². The van der Waals surface area contributed by atoms with Crippen LogP contribution in [0.2, 0.25) is 0 Å². The van der Waals surface area contributed by atoms with Gasteiger partial charge in [-0.2, -0.15) is 0 Å². The van der Waals surface area contributed by atoms with E-state index in [-0.39, 0.29) is 12.5 Å². The smallest absolute Gasteiger partial charge is 0.251 e. The SMILES string of the molecule is CC(O)CNC(=O)c1ccnc(N2CCN(C)CC2)c1. The fraction of sp³-hybridized carbons (Fsp3) is 0.571. The molecule has 1 atom stereocenters. The lowest BCUT2D eigenvalue weighted by atomic mass is 10.2. The summed E-state index contributed by atoms with van der Waals surface area (Å²) in [6.45, 7) is 5.73. The van der Waals surface area contributed by atoms with E-state index in [2.05, 4.69) is 27.1 Å². The number of piperazine rings is 1. The van der Waals surface area contributed by atoms with E-state index < -0.39 is 6.10 Å². The molecule has 1 aromatic rings. The van der Waals surface area contributed by atoms with Gasteiger partial charge in [0, 0.05) is 44.5 Å². The summed E-state index contributed by atoms with van der Waals surface area (Å²) in [5, 5.41) is 11.9. The molecule has 1 aliphatic rings. The minimum absolute atomic E-state index is 0.177. The standard InChI is InChI=1S/C14H22N4O2/c1-11(19)10-16-14(20)12-3-4-15-13(9-12)18-7-5-17(2)6-8-18/h3-4,9,11,19H,5-8,10H2,1-2H3,(H,16,20). The monoisotopic (exact) mass is 278 g/mol. The van der Waals surface area contributed by atoms with Crippen LogP contribution in [0.3, 0.4) is 0 Å². The van der Waals surface area contributed by atoms with Crippen LogP contribution in [0, 0.1) is 0 Å². The number of amides is 1. The van der Waals surface area contributed by atoms with Crippen molar-refractivity contribution in [2.24, 2.45) is 0 Å². The number of nitrogens with zero attached hydrogens (tertiary/aromatic N) is 3. The lowest BCUT2D eigenvalue weighted by molar-refractivity contribution is 0.0924. The Bertz CT molecular complexity index is 456. The van der Waals surface area contributed by atoms with Crippen LogP contribution in [0.1, 0.15) is 17.3 Å². The van der Waals surface area contributed by atoms with Gasteiger partial charge in [0.1, 0.15) is 5.82 Å². The van der Waals surface area contributed by atoms with Crippen molar-refractivity contribution in [2.45, 2.75) is 13.0 Å². The molecule has 1 unspecified atom stereocenters. The molecule has 6 heteroatoms. The van der Waals surface area contributed by atoms with Crippen molar-refractivity contribution in [3.8, 4) is 0 Å². The molecule has 0 bridgehead atoms. The van der Waals surface area contributed by atoms with Crippen molar-refractivity contribution >= 4 is 11.7 Å². The first kappa shape index (κ1) is 14.7. The van der Waals surface area contributed by atoms with Crippen molar-refractivity contribution in [1.82, 2.24) is 15.2 Å². The lowest BCUT2D eigenvalue weighted by Crippen LogP contribution is -2.44. The minimum Gasteiger partial charge on any atom is -0.392 e. The Morgan fingerprint density at radius 2 is 2.15 bits per heavy atom. The summed E-state index contributed by atoms with van der Waals surface area (Å²) in [5.41, 5.74) is 0.578. The second kappa shape index (κ2) is 6.67. The summed E-state index contributed by atoms with van der Waals surface area (Å²) in [7, 11) is 2.10. The van der Waals surface area contributed by atoms with Crippen molar-refractivity contribution in [3.05, 3.63) is 23.9 Å². The molecule has 6 nitrogen and oxygen atoms in total. The average Bonchev–Trinajstić information content (AvgIpc) is 2.45. The Labute approximate surface area is 119 Å². The van der Waals surface area contributed by atoms with E-state index in [4.69, 9.17) is 0 Å². The molecule has 1 aromatic heterocycles. The van der Waals surface area contributed by atoms with Crippen molar-refractivity contribution < 1.29 is 9.90 Å². The summed E-state index contributed by atoms with van der Waals surface area (Å²) in [5.74, 6) is 0.659. The Morgan fingerprint density at radius 1 is 1.45 bits per heavy atom. The Kier molecular flexibility index (Phi) is 4.92. The van der Waals surface area contributed by atoms with Gasteiger partial charge in [-0.1, -0.05) is 0 Å². The fourth-order valence-electron chi connectivity index (χ4n) is 2.11. The van der Waals surface area contributed by atoms with Crippen LogP contribution < -0.4 is 10.2 Å². The molecule has 20 heavy (non-hydrogen) atoms. The third-order valence-electron chi connectivity index (χ3n) is 3.39. The van der Waals surface area contributed by atoms with Crippen LogP contribution in [-0.2, 0) is 0 Å². The number of pyridine rings is 1. The predicted molar refractivity (Wildman–Crippen MR) is 78.0 cm³/mol. The van der Waals surface area contributed by atoms with Crippen molar-refractivity contribution in [2.75, 3.05) is 44.7 Å². The molecule has 110 valence electrons. The molecule has 1 fully saturated rings. The number of likely N-dealkylation sites (N-methyl/N-ethyl adjacent to an activating group) is 1. The minimum atomic E-state index is -0.544. The first-order valence-corrected chi connectivity index (χ1v) is 6.92. The van der Waals surface area contributed by atoms with E-state index in [1.54, 1.807) is 19.2 Å². The largest absolute Gasteiger partial charge is 0.392 e. The quantitative estimate of drug-likeness (QED) is 0.808. The molecular weight excluding hydrogens is 256 g/mol. The number of anilines is 1. The van der Waals surface area contributed by atoms with Gasteiger partial charge in [-0.3, -0.25) is 4.79 Å². The highest BCUT2D eigenvalue weighted by molar-refractivity contribution is 5.94. The molecule has 0 aliphatic carbocycles. The average molecular weight is 278 g/mol. The highest BCUT2D eigenvalue weighted by Crippen LogP contribution is 2.14. The van der Waals surface area contributed by atoms with Crippen LogP contribution in [0.4, 0.5) is 5.82 Å². The summed E-state index contributed by atoms with van der Waals surface area (Å²) >= 11 is 0. The van der Waals surface area contributed by atoms with E-state index in [1.807, 2.05) is 6.07 Å². The third kappa shape index (κ3) is 3.91. The lowest BCUT2D eigenvalue weighted by Gasteiger charge is -2.33. The van der Waals surface area contributed by atoms with E-state index in [0.29, 0.717) is 5.56 Å². The number of aliphatic hydroxyl groups is 1. The summed E-state index contributed by atoms with van der Waals surface area (Å²) in [4.78, 5) is 20.8. The molecule has 0 saturated carbocycles. The van der Waals surface area contributed by atoms with Gasteiger partial charge in [-0.25, -0.2) is 4.98 Å². The zero-order valence-corrected chi connectivity index (χ0v) is 12.0. The Morgan fingerprint density at radius 3 is 2.80 bits per heavy atom. The molecule has 0 aromatic carbocycles. The number of hydrogen-bond donors (Lipinski definition) is 2. The van der Waals surface area contributed by atoms with E-state index in [1.165, 1.54) is 0 Å². The number of carbonyl (C=O) groups is 1. The van der Waals surface area contributed by atoms with Gasteiger partial charge in [-0.15, -0.1) is 0 Å². The van der Waals surface area contributed by atoms with Crippen LogP contribution in [0.15, 0.2) is 18.3 Å². The van der Waals surface area contributed by atoms with Gasteiger partial charge in [0.25, 0.3) is 5.91 Å². The summed E-state index contributed by atoms with van der Waals surface area (Å²) in [6, 6.07) is 3.50. The van der Waals surface area contributed by atoms with Crippen LogP contribution in [0.25, 0.3) is 0 Å². The number of aliphatic hydroxyl groups excluding tert-OH is 1. The topological polar surface area (TPSA) is 68.7 Å². The van der Waals surface area contributed by atoms with Crippen molar-refractivity contribution in [1.29, 1.82) is 0 Å². The van der Waals surface area contributed by atoms with Gasteiger partial charge in [0.2, 0.25) is 0 Å². The first-order chi connectivity index (χ1) is 9.56. The Hall–Kier alpha value is -1.66. The fourth-order valence-corrected chi connectivity index (χ4v) is 2.11. The molecule has 2 heterocycles. The van der Waals surface area contributed by atoms with Crippen LogP contribution in [0.5, 0.6) is 0 Å². The van der Waals surface area contributed by atoms with E-state index in [0.717, 1.165) is 32.0 Å². The second-order valence-corrected chi connectivity index (χ2v) is 5.25. The normalized spacial score (nSPS) is 17.9. The zero-order chi connectivity index (χ0) is 14.5.